The Morgan fingerprint density at radius 1 is 1.00 bits per heavy atom. The van der Waals surface area contributed by atoms with E-state index >= 15 is 0 Å². The molecule has 3 aromatic carbocycles. The number of hydrogen-bond acceptors (Lipinski definition) is 3. The zero-order chi connectivity index (χ0) is 21.8. The van der Waals surface area contributed by atoms with Gasteiger partial charge >= 0.3 is 6.03 Å². The van der Waals surface area contributed by atoms with E-state index in [2.05, 4.69) is 22.5 Å². The molecule has 1 aliphatic rings. The largest absolute Gasteiger partial charge is 0.321 e. The van der Waals surface area contributed by atoms with Gasteiger partial charge in [0, 0.05) is 23.9 Å². The predicted molar refractivity (Wildman–Crippen MR) is 124 cm³/mol. The van der Waals surface area contributed by atoms with Crippen LogP contribution in [0.1, 0.15) is 23.6 Å². The molecule has 4 rings (SSSR count). The van der Waals surface area contributed by atoms with E-state index in [-0.39, 0.29) is 5.91 Å². The van der Waals surface area contributed by atoms with E-state index in [4.69, 9.17) is 0 Å². The van der Waals surface area contributed by atoms with Crippen molar-refractivity contribution >= 4 is 29.0 Å². The quantitative estimate of drug-likeness (QED) is 0.674. The Hall–Kier alpha value is -3.93. The highest BCUT2D eigenvalue weighted by Gasteiger charge is 2.30. The molecule has 1 atom stereocenters. The maximum Gasteiger partial charge on any atom is 0.321 e. The van der Waals surface area contributed by atoms with Gasteiger partial charge < -0.3 is 15.5 Å². The number of anilines is 2. The zero-order valence-corrected chi connectivity index (χ0v) is 17.5. The molecule has 1 heterocycles. The number of amides is 3. The summed E-state index contributed by atoms with van der Waals surface area (Å²) in [6.45, 7) is 2.05. The number of likely N-dealkylation sites (N-methyl/N-ethyl adjacent to an activating group) is 1. The number of benzodiazepines with no additional fused rings is 1. The maximum absolute atomic E-state index is 13.1. The molecule has 2 N–H and O–H groups in total. The highest BCUT2D eigenvalue weighted by molar-refractivity contribution is 6.20. The summed E-state index contributed by atoms with van der Waals surface area (Å²) >= 11 is 0. The third-order valence-corrected chi connectivity index (χ3v) is 5.25. The molecule has 31 heavy (non-hydrogen) atoms. The first kappa shape index (κ1) is 20.3. The minimum atomic E-state index is -1.05. The Balaban J connectivity index is 1.66. The van der Waals surface area contributed by atoms with Gasteiger partial charge in [-0.15, -0.1) is 0 Å². The van der Waals surface area contributed by atoms with Gasteiger partial charge in [-0.3, -0.25) is 4.79 Å². The number of urea groups is 1. The first-order valence-corrected chi connectivity index (χ1v) is 10.2. The topological polar surface area (TPSA) is 73.8 Å². The number of rotatable bonds is 4. The number of para-hydroxylation sites is 1. The molecule has 0 saturated carbocycles. The average molecular weight is 412 g/mol. The summed E-state index contributed by atoms with van der Waals surface area (Å²) in [5.41, 5.74) is 4.90. The standard InChI is InChI=1S/C25H24N4O2/c1-3-17-10-9-13-19(16-17)26-25(31)28-23-24(30)29(2)21-15-8-7-14-20(21)22(27-23)18-11-5-4-6-12-18/h4-16,23H,3H2,1-2H3,(H2,26,28,31)/t23-/m0/s1. The Morgan fingerprint density at radius 3 is 2.52 bits per heavy atom. The van der Waals surface area contributed by atoms with Crippen LogP contribution in [0.3, 0.4) is 0 Å². The number of nitrogens with zero attached hydrogens (tertiary/aromatic N) is 2. The number of carbonyl (C=O) groups is 2. The van der Waals surface area contributed by atoms with Gasteiger partial charge in [0.25, 0.3) is 5.91 Å². The highest BCUT2D eigenvalue weighted by Crippen LogP contribution is 2.27. The van der Waals surface area contributed by atoms with Crippen molar-refractivity contribution in [2.24, 2.45) is 4.99 Å². The van der Waals surface area contributed by atoms with Crippen molar-refractivity contribution in [1.29, 1.82) is 0 Å². The van der Waals surface area contributed by atoms with E-state index in [1.165, 1.54) is 4.90 Å². The van der Waals surface area contributed by atoms with Crippen molar-refractivity contribution in [3.05, 3.63) is 95.6 Å². The summed E-state index contributed by atoms with van der Waals surface area (Å²) in [5.74, 6) is -0.309. The lowest BCUT2D eigenvalue weighted by molar-refractivity contribution is -0.119. The Morgan fingerprint density at radius 2 is 1.74 bits per heavy atom. The van der Waals surface area contributed by atoms with Crippen molar-refractivity contribution in [2.45, 2.75) is 19.5 Å². The van der Waals surface area contributed by atoms with Crippen molar-refractivity contribution in [3.63, 3.8) is 0 Å². The van der Waals surface area contributed by atoms with Crippen molar-refractivity contribution in [3.8, 4) is 0 Å². The molecule has 0 radical (unpaired) electrons. The Labute approximate surface area is 181 Å². The van der Waals surface area contributed by atoms with Crippen LogP contribution in [0.4, 0.5) is 16.2 Å². The normalized spacial score (nSPS) is 15.5. The number of carbonyl (C=O) groups excluding carboxylic acids is 2. The number of aliphatic imine (C=N–C) groups is 1. The van der Waals surface area contributed by atoms with Crippen LogP contribution in [0, 0.1) is 0 Å². The summed E-state index contributed by atoms with van der Waals surface area (Å²) in [6, 6.07) is 24.4. The van der Waals surface area contributed by atoms with Gasteiger partial charge in [0.1, 0.15) is 0 Å². The fourth-order valence-corrected chi connectivity index (χ4v) is 3.60. The smallest absolute Gasteiger partial charge is 0.311 e. The van der Waals surface area contributed by atoms with E-state index < -0.39 is 12.2 Å². The Kier molecular flexibility index (Phi) is 5.80. The van der Waals surface area contributed by atoms with Gasteiger partial charge in [-0.1, -0.05) is 67.6 Å². The fraction of sp³-hybridized carbons (Fsp3) is 0.160. The summed E-state index contributed by atoms with van der Waals surface area (Å²) in [6.07, 6.45) is -0.187. The zero-order valence-electron chi connectivity index (χ0n) is 17.5. The minimum absolute atomic E-state index is 0.309. The van der Waals surface area contributed by atoms with Crippen LogP contribution in [0.5, 0.6) is 0 Å². The van der Waals surface area contributed by atoms with Crippen LogP contribution >= 0.6 is 0 Å². The van der Waals surface area contributed by atoms with E-state index in [1.807, 2.05) is 78.9 Å². The number of aryl methyl sites for hydroxylation is 1. The molecule has 0 unspecified atom stereocenters. The Bertz CT molecular complexity index is 1140. The third-order valence-electron chi connectivity index (χ3n) is 5.25. The van der Waals surface area contributed by atoms with Crippen LogP contribution in [0.25, 0.3) is 0 Å². The molecule has 6 nitrogen and oxygen atoms in total. The average Bonchev–Trinajstić information content (AvgIpc) is 2.90. The molecule has 3 aromatic rings. The second kappa shape index (κ2) is 8.83. The number of hydrogen-bond donors (Lipinski definition) is 2. The lowest BCUT2D eigenvalue weighted by atomic mass is 10.0. The highest BCUT2D eigenvalue weighted by atomic mass is 16.2. The van der Waals surface area contributed by atoms with Crippen LogP contribution in [0.2, 0.25) is 0 Å². The third kappa shape index (κ3) is 4.33. The van der Waals surface area contributed by atoms with E-state index in [9.17, 15) is 9.59 Å². The van der Waals surface area contributed by atoms with Gasteiger partial charge in [0.15, 0.2) is 0 Å². The van der Waals surface area contributed by atoms with Crippen molar-refractivity contribution in [1.82, 2.24) is 5.32 Å². The molecule has 0 bridgehead atoms. The summed E-state index contributed by atoms with van der Waals surface area (Å²) in [5, 5.41) is 5.54. The molecule has 0 spiro atoms. The lowest BCUT2D eigenvalue weighted by Gasteiger charge is -2.21. The molecule has 1 aliphatic heterocycles. The second-order valence-electron chi connectivity index (χ2n) is 7.31. The van der Waals surface area contributed by atoms with E-state index in [1.54, 1.807) is 7.05 Å². The SMILES string of the molecule is CCc1cccc(NC(=O)N[C@@H]2N=C(c3ccccc3)c3ccccc3N(C)C2=O)c1. The fourth-order valence-electron chi connectivity index (χ4n) is 3.60. The molecule has 0 saturated heterocycles. The van der Waals surface area contributed by atoms with Gasteiger partial charge in [-0.25, -0.2) is 9.79 Å². The van der Waals surface area contributed by atoms with Crippen LogP contribution < -0.4 is 15.5 Å². The molecular formula is C25H24N4O2. The molecule has 0 fully saturated rings. The van der Waals surface area contributed by atoms with Gasteiger partial charge in [0.05, 0.1) is 11.4 Å². The number of nitrogens with one attached hydrogen (secondary N) is 2. The van der Waals surface area contributed by atoms with E-state index in [0.29, 0.717) is 11.4 Å². The molecule has 156 valence electrons. The van der Waals surface area contributed by atoms with Crippen molar-refractivity contribution in [2.75, 3.05) is 17.3 Å². The second-order valence-corrected chi connectivity index (χ2v) is 7.31. The van der Waals surface area contributed by atoms with Crippen LogP contribution in [0.15, 0.2) is 83.9 Å². The molecule has 0 aromatic heterocycles. The van der Waals surface area contributed by atoms with Gasteiger partial charge in [-0.2, -0.15) is 0 Å². The number of benzene rings is 3. The summed E-state index contributed by atoms with van der Waals surface area (Å²) in [7, 11) is 1.70. The van der Waals surface area contributed by atoms with E-state index in [0.717, 1.165) is 28.8 Å². The maximum atomic E-state index is 13.1. The van der Waals surface area contributed by atoms with Crippen LogP contribution in [-0.4, -0.2) is 30.9 Å². The van der Waals surface area contributed by atoms with Crippen LogP contribution in [-0.2, 0) is 11.2 Å². The molecule has 0 aliphatic carbocycles. The van der Waals surface area contributed by atoms with Gasteiger partial charge in [0.2, 0.25) is 6.17 Å². The summed E-state index contributed by atoms with van der Waals surface area (Å²) in [4.78, 5) is 32.1. The lowest BCUT2D eigenvalue weighted by Crippen LogP contribution is -2.47. The minimum Gasteiger partial charge on any atom is -0.311 e. The summed E-state index contributed by atoms with van der Waals surface area (Å²) < 4.78 is 0. The van der Waals surface area contributed by atoms with Crippen molar-refractivity contribution < 1.29 is 9.59 Å². The molecule has 6 heteroatoms. The van der Waals surface area contributed by atoms with Gasteiger partial charge in [-0.05, 0) is 30.2 Å². The molecular weight excluding hydrogens is 388 g/mol. The predicted octanol–water partition coefficient (Wildman–Crippen LogP) is 4.21. The first-order chi connectivity index (χ1) is 15.1. The molecule has 3 amide bonds. The monoisotopic (exact) mass is 412 g/mol. The first-order valence-electron chi connectivity index (χ1n) is 10.2. The number of fused-ring (bicyclic) bond motifs is 1.